The Labute approximate surface area is 373 Å². The van der Waals surface area contributed by atoms with E-state index in [0.29, 0.717) is 0 Å². The Morgan fingerprint density at radius 3 is 1.55 bits per heavy atom. The monoisotopic (exact) mass is 818 g/mol. The molecule has 0 saturated heterocycles. The maximum atomic E-state index is 2.65. The highest BCUT2D eigenvalue weighted by atomic mass is 15.0. The minimum atomic E-state index is 0.153. The van der Waals surface area contributed by atoms with Crippen LogP contribution in [-0.4, -0.2) is 9.13 Å². The van der Waals surface area contributed by atoms with Crippen LogP contribution < -0.4 is 0 Å². The van der Waals surface area contributed by atoms with Crippen molar-refractivity contribution in [3.63, 3.8) is 0 Å². The molecule has 0 N–H and O–H groups in total. The summed E-state index contributed by atoms with van der Waals surface area (Å²) in [4.78, 5) is 0. The van der Waals surface area contributed by atoms with Crippen molar-refractivity contribution < 1.29 is 0 Å². The molecule has 9 aromatic carbocycles. The van der Waals surface area contributed by atoms with Gasteiger partial charge in [0.05, 0.1) is 27.8 Å². The average Bonchev–Trinajstić information content (AvgIpc) is 3.96. The van der Waals surface area contributed by atoms with Gasteiger partial charge in [0.25, 0.3) is 0 Å². The fourth-order valence-electron chi connectivity index (χ4n) is 14.5. The number of hydrogen-bond acceptors (Lipinski definition) is 0. The Hall–Kier alpha value is -7.16. The van der Waals surface area contributed by atoms with E-state index in [1.54, 1.807) is 11.1 Å². The second-order valence-electron chi connectivity index (χ2n) is 19.7. The zero-order chi connectivity index (χ0) is 41.7. The normalized spacial score (nSPS) is 21.8. The number of aromatic nitrogens is 2. The Morgan fingerprint density at radius 1 is 0.328 bits per heavy atom. The van der Waals surface area contributed by atoms with Crippen LogP contribution in [0.1, 0.15) is 43.2 Å². The number of benzene rings is 9. The standard InChI is InChI=1S/C62H46N2/c1-2-12-45(13-3-1)63-57-20-10-7-17-51(57)53-35-40(23-27-60(53)63)41-24-28-61-54(36-41)52-18-8-11-21-58(52)64(61)59-29-26-46(47-14-4-5-16-50(47)59)42-22-25-49-48-15-6-9-19-55(48)62(56(49)37-42)43-31-38-30-39(33-43)34-44(62)32-38/h1-29,35-39,43-44H,30-34H2. The molecule has 2 heterocycles. The highest BCUT2D eigenvalue weighted by Gasteiger charge is 2.61. The molecule has 2 nitrogen and oxygen atoms in total. The van der Waals surface area contributed by atoms with Gasteiger partial charge in [-0.05, 0) is 166 Å². The molecule has 4 bridgehead atoms. The van der Waals surface area contributed by atoms with Gasteiger partial charge in [-0.25, -0.2) is 0 Å². The summed E-state index contributed by atoms with van der Waals surface area (Å²) in [5.41, 5.74) is 18.8. The fourth-order valence-corrected chi connectivity index (χ4v) is 14.5. The van der Waals surface area contributed by atoms with Gasteiger partial charge in [-0.3, -0.25) is 0 Å². The van der Waals surface area contributed by atoms with Crippen LogP contribution in [0.25, 0.3) is 99.1 Å². The van der Waals surface area contributed by atoms with E-state index in [4.69, 9.17) is 0 Å². The van der Waals surface area contributed by atoms with Crippen molar-refractivity contribution >= 4 is 54.4 Å². The SMILES string of the molecule is c1ccc(-n2c3ccccc3c3cc(-c4ccc5c(c4)c4ccccc4n5-c4ccc(-c5ccc6c(c5)C5(c7ccccc7-6)C6CC7CC(C6)CC5C7)c5ccccc45)ccc32)cc1. The summed E-state index contributed by atoms with van der Waals surface area (Å²) < 4.78 is 4.91. The van der Waals surface area contributed by atoms with Crippen molar-refractivity contribution in [2.24, 2.45) is 23.7 Å². The molecule has 0 atom stereocenters. The van der Waals surface area contributed by atoms with Crippen molar-refractivity contribution in [3.8, 4) is 44.8 Å². The summed E-state index contributed by atoms with van der Waals surface area (Å²) in [5, 5.41) is 7.67. The van der Waals surface area contributed by atoms with Gasteiger partial charge in [-0.1, -0.05) is 133 Å². The molecule has 0 unspecified atom stereocenters. The molecule has 11 aromatic rings. The summed E-state index contributed by atoms with van der Waals surface area (Å²) in [5.74, 6) is 3.36. The van der Waals surface area contributed by atoms with Crippen LogP contribution >= 0.6 is 0 Å². The molecule has 5 aliphatic carbocycles. The number of para-hydroxylation sites is 3. The summed E-state index contributed by atoms with van der Waals surface area (Å²) in [6, 6.07) is 73.6. The number of hydrogen-bond donors (Lipinski definition) is 0. The zero-order valence-electron chi connectivity index (χ0n) is 35.7. The predicted molar refractivity (Wildman–Crippen MR) is 267 cm³/mol. The van der Waals surface area contributed by atoms with E-state index in [-0.39, 0.29) is 5.41 Å². The molecule has 4 saturated carbocycles. The van der Waals surface area contributed by atoms with Crippen LogP contribution in [0.3, 0.4) is 0 Å². The first-order chi connectivity index (χ1) is 31.7. The van der Waals surface area contributed by atoms with Gasteiger partial charge in [-0.2, -0.15) is 0 Å². The Morgan fingerprint density at radius 2 is 0.844 bits per heavy atom. The van der Waals surface area contributed by atoms with Crippen LogP contribution in [-0.2, 0) is 5.41 Å². The van der Waals surface area contributed by atoms with E-state index >= 15 is 0 Å². The highest BCUT2D eigenvalue weighted by Crippen LogP contribution is 2.69. The van der Waals surface area contributed by atoms with E-state index in [0.717, 1.165) is 23.7 Å². The molecule has 0 aliphatic heterocycles. The van der Waals surface area contributed by atoms with Crippen molar-refractivity contribution in [3.05, 3.63) is 205 Å². The lowest BCUT2D eigenvalue weighted by Gasteiger charge is -2.61. The lowest BCUT2D eigenvalue weighted by Crippen LogP contribution is -2.55. The van der Waals surface area contributed by atoms with E-state index < -0.39 is 0 Å². The molecule has 1 spiro atoms. The Kier molecular flexibility index (Phi) is 7.15. The van der Waals surface area contributed by atoms with Gasteiger partial charge < -0.3 is 9.13 Å². The molecule has 2 heteroatoms. The van der Waals surface area contributed by atoms with E-state index in [1.165, 1.54) is 131 Å². The van der Waals surface area contributed by atoms with Crippen LogP contribution in [0.2, 0.25) is 0 Å². The van der Waals surface area contributed by atoms with Gasteiger partial charge in [-0.15, -0.1) is 0 Å². The molecular formula is C62H46N2. The molecule has 0 radical (unpaired) electrons. The largest absolute Gasteiger partial charge is 0.309 e. The molecule has 16 rings (SSSR count). The van der Waals surface area contributed by atoms with E-state index in [2.05, 4.69) is 203 Å². The number of nitrogens with zero attached hydrogens (tertiary/aromatic N) is 2. The minimum Gasteiger partial charge on any atom is -0.309 e. The molecule has 2 aromatic heterocycles. The second kappa shape index (κ2) is 13.0. The smallest absolute Gasteiger partial charge is 0.0541 e. The Bertz CT molecular complexity index is 3720. The first-order valence-corrected chi connectivity index (χ1v) is 23.6. The topological polar surface area (TPSA) is 9.86 Å². The van der Waals surface area contributed by atoms with Gasteiger partial charge >= 0.3 is 0 Å². The summed E-state index contributed by atoms with van der Waals surface area (Å²) in [6.07, 6.45) is 7.08. The van der Waals surface area contributed by atoms with Gasteiger partial charge in [0.15, 0.2) is 0 Å². The molecular weight excluding hydrogens is 773 g/mol. The Balaban J connectivity index is 0.877. The van der Waals surface area contributed by atoms with E-state index in [1.807, 2.05) is 0 Å². The molecule has 0 amide bonds. The summed E-state index contributed by atoms with van der Waals surface area (Å²) in [7, 11) is 0. The zero-order valence-corrected chi connectivity index (χ0v) is 35.7. The predicted octanol–water partition coefficient (Wildman–Crippen LogP) is 16.1. The van der Waals surface area contributed by atoms with Crippen LogP contribution in [0.15, 0.2) is 194 Å². The third kappa shape index (κ3) is 4.65. The van der Waals surface area contributed by atoms with Crippen LogP contribution in [0, 0.1) is 23.7 Å². The highest BCUT2D eigenvalue weighted by molar-refractivity contribution is 6.14. The number of fused-ring (bicyclic) bond motifs is 10. The maximum absolute atomic E-state index is 2.65. The fraction of sp³-hybridized carbons (Fsp3) is 0.161. The first kappa shape index (κ1) is 35.3. The first-order valence-electron chi connectivity index (χ1n) is 23.6. The summed E-state index contributed by atoms with van der Waals surface area (Å²) in [6.45, 7) is 0. The summed E-state index contributed by atoms with van der Waals surface area (Å²) >= 11 is 0. The molecule has 304 valence electrons. The van der Waals surface area contributed by atoms with Crippen molar-refractivity contribution in [2.75, 3.05) is 0 Å². The van der Waals surface area contributed by atoms with Crippen LogP contribution in [0.5, 0.6) is 0 Å². The second-order valence-corrected chi connectivity index (χ2v) is 19.7. The average molecular weight is 819 g/mol. The quantitative estimate of drug-likeness (QED) is 0.167. The van der Waals surface area contributed by atoms with E-state index in [9.17, 15) is 0 Å². The molecule has 64 heavy (non-hydrogen) atoms. The third-order valence-electron chi connectivity index (χ3n) is 16.7. The molecule has 5 aliphatic rings. The lowest BCUT2D eigenvalue weighted by atomic mass is 9.43. The van der Waals surface area contributed by atoms with Crippen molar-refractivity contribution in [2.45, 2.75) is 37.5 Å². The molecule has 4 fully saturated rings. The van der Waals surface area contributed by atoms with Crippen molar-refractivity contribution in [1.82, 2.24) is 9.13 Å². The van der Waals surface area contributed by atoms with Crippen molar-refractivity contribution in [1.29, 1.82) is 0 Å². The van der Waals surface area contributed by atoms with Gasteiger partial charge in [0, 0.05) is 38.0 Å². The minimum absolute atomic E-state index is 0.153. The van der Waals surface area contributed by atoms with Gasteiger partial charge in [0.1, 0.15) is 0 Å². The number of rotatable bonds is 4. The maximum Gasteiger partial charge on any atom is 0.0541 e. The lowest BCUT2D eigenvalue weighted by molar-refractivity contribution is -0.0399. The third-order valence-corrected chi connectivity index (χ3v) is 16.7. The van der Waals surface area contributed by atoms with Crippen LogP contribution in [0.4, 0.5) is 0 Å². The van der Waals surface area contributed by atoms with Gasteiger partial charge in [0.2, 0.25) is 0 Å².